The van der Waals surface area contributed by atoms with Crippen LogP contribution in [0.2, 0.25) is 0 Å². The van der Waals surface area contributed by atoms with Crippen molar-refractivity contribution >= 4 is 5.91 Å². The first-order chi connectivity index (χ1) is 8.10. The lowest BCUT2D eigenvalue weighted by atomic mass is 10.2. The van der Waals surface area contributed by atoms with Crippen LogP contribution in [0, 0.1) is 0 Å². The normalized spacial score (nSPS) is 25.0. The van der Waals surface area contributed by atoms with Gasteiger partial charge in [0.15, 0.2) is 0 Å². The van der Waals surface area contributed by atoms with E-state index in [0.717, 1.165) is 12.8 Å². The van der Waals surface area contributed by atoms with E-state index in [-0.39, 0.29) is 24.7 Å². The molecule has 1 aliphatic rings. The number of nitrogens with zero attached hydrogens (tertiary/aromatic N) is 1. The highest BCUT2D eigenvalue weighted by Gasteiger charge is 2.36. The monoisotopic (exact) mass is 250 g/mol. The molecule has 0 aromatic heterocycles. The minimum absolute atomic E-state index is 0.00241. The van der Waals surface area contributed by atoms with Gasteiger partial charge in [0.05, 0.1) is 18.8 Å². The zero-order valence-corrected chi connectivity index (χ0v) is 10.3. The predicted octanol–water partition coefficient (Wildman–Crippen LogP) is 1.21. The summed E-state index contributed by atoms with van der Waals surface area (Å²) in [5.74, 6) is 0.0417. The molecule has 0 radical (unpaired) electrons. The molecule has 0 spiro atoms. The highest BCUT2D eigenvalue weighted by molar-refractivity contribution is 5.84. The molecule has 100 valence electrons. The van der Waals surface area contributed by atoms with Crippen LogP contribution in [0.4, 0.5) is 8.78 Å². The Morgan fingerprint density at radius 2 is 2.12 bits per heavy atom. The van der Waals surface area contributed by atoms with Crippen molar-refractivity contribution in [3.05, 3.63) is 0 Å². The van der Waals surface area contributed by atoms with E-state index in [1.54, 1.807) is 4.90 Å². The van der Waals surface area contributed by atoms with E-state index in [2.05, 4.69) is 5.32 Å². The van der Waals surface area contributed by atoms with Crippen molar-refractivity contribution in [3.63, 3.8) is 0 Å². The van der Waals surface area contributed by atoms with Crippen molar-refractivity contribution in [2.75, 3.05) is 19.8 Å². The van der Waals surface area contributed by atoms with Crippen LogP contribution in [0.25, 0.3) is 0 Å². The molecule has 0 aromatic carbocycles. The van der Waals surface area contributed by atoms with Crippen molar-refractivity contribution < 1.29 is 18.3 Å². The average Bonchev–Trinajstić information content (AvgIpc) is 2.61. The number of amides is 1. The number of ether oxygens (including phenoxy) is 1. The molecule has 0 bridgehead atoms. The van der Waals surface area contributed by atoms with Gasteiger partial charge in [0, 0.05) is 6.54 Å². The molecule has 1 heterocycles. The van der Waals surface area contributed by atoms with Gasteiger partial charge in [-0.05, 0) is 12.8 Å². The van der Waals surface area contributed by atoms with Crippen molar-refractivity contribution in [2.24, 2.45) is 0 Å². The third-order valence-corrected chi connectivity index (χ3v) is 2.87. The Balaban J connectivity index is 2.37. The molecule has 1 rings (SSSR count). The molecule has 2 atom stereocenters. The Kier molecular flexibility index (Phi) is 5.77. The van der Waals surface area contributed by atoms with E-state index >= 15 is 0 Å². The molecule has 0 saturated carbocycles. The molecule has 2 unspecified atom stereocenters. The number of carbonyl (C=O) groups is 1. The zero-order valence-electron chi connectivity index (χ0n) is 10.3. The molecule has 1 fully saturated rings. The Hall–Kier alpha value is -0.750. The predicted molar refractivity (Wildman–Crippen MR) is 59.8 cm³/mol. The largest absolute Gasteiger partial charge is 0.374 e. The maximum absolute atomic E-state index is 11.9. The Labute approximate surface area is 100 Å². The minimum Gasteiger partial charge on any atom is -0.374 e. The third kappa shape index (κ3) is 3.89. The van der Waals surface area contributed by atoms with Gasteiger partial charge in [0.2, 0.25) is 5.91 Å². The van der Waals surface area contributed by atoms with Gasteiger partial charge in [0.1, 0.15) is 6.61 Å². The molecular weight excluding hydrogens is 230 g/mol. The molecule has 1 N–H and O–H groups in total. The minimum atomic E-state index is -2.45. The summed E-state index contributed by atoms with van der Waals surface area (Å²) in [7, 11) is 0. The number of hydrogen-bond acceptors (Lipinski definition) is 3. The summed E-state index contributed by atoms with van der Waals surface area (Å²) >= 11 is 0. The van der Waals surface area contributed by atoms with Gasteiger partial charge in [-0.2, -0.15) is 0 Å². The van der Waals surface area contributed by atoms with Crippen LogP contribution in [0.15, 0.2) is 0 Å². The van der Waals surface area contributed by atoms with Crippen LogP contribution in [-0.2, 0) is 9.53 Å². The van der Waals surface area contributed by atoms with Crippen LogP contribution < -0.4 is 5.32 Å². The van der Waals surface area contributed by atoms with E-state index in [1.165, 1.54) is 0 Å². The summed E-state index contributed by atoms with van der Waals surface area (Å²) in [4.78, 5) is 13.6. The number of hydrogen-bond donors (Lipinski definition) is 1. The molecule has 1 aliphatic heterocycles. The fourth-order valence-corrected chi connectivity index (χ4v) is 1.98. The zero-order chi connectivity index (χ0) is 12.8. The van der Waals surface area contributed by atoms with E-state index < -0.39 is 13.0 Å². The molecule has 1 amide bonds. The standard InChI is InChI=1S/C11H20F2N2O2/c1-3-8-11(16)15(10(4-2)14-8)5-6-17-7-9(12)13/h8-10,14H,3-7H2,1-2H3. The first-order valence-corrected chi connectivity index (χ1v) is 6.02. The summed E-state index contributed by atoms with van der Waals surface area (Å²) in [5, 5.41) is 3.21. The van der Waals surface area contributed by atoms with Gasteiger partial charge >= 0.3 is 0 Å². The second-order valence-corrected chi connectivity index (χ2v) is 4.05. The van der Waals surface area contributed by atoms with Crippen molar-refractivity contribution in [1.29, 1.82) is 0 Å². The fourth-order valence-electron chi connectivity index (χ4n) is 1.98. The maximum Gasteiger partial charge on any atom is 0.261 e. The van der Waals surface area contributed by atoms with Gasteiger partial charge in [-0.1, -0.05) is 13.8 Å². The second kappa shape index (κ2) is 6.86. The van der Waals surface area contributed by atoms with Crippen LogP contribution in [0.3, 0.4) is 0 Å². The van der Waals surface area contributed by atoms with E-state index in [4.69, 9.17) is 4.74 Å². The molecule has 0 aromatic rings. The van der Waals surface area contributed by atoms with Crippen LogP contribution >= 0.6 is 0 Å². The summed E-state index contributed by atoms with van der Waals surface area (Å²) < 4.78 is 28.5. The lowest BCUT2D eigenvalue weighted by Gasteiger charge is -2.22. The SMILES string of the molecule is CCC1NC(CC)N(CCOCC(F)F)C1=O. The van der Waals surface area contributed by atoms with Gasteiger partial charge in [-0.15, -0.1) is 0 Å². The van der Waals surface area contributed by atoms with Gasteiger partial charge in [-0.3, -0.25) is 10.1 Å². The molecule has 1 saturated heterocycles. The summed E-state index contributed by atoms with van der Waals surface area (Å²) in [6, 6.07) is -0.143. The van der Waals surface area contributed by atoms with Crippen molar-refractivity contribution in [3.8, 4) is 0 Å². The van der Waals surface area contributed by atoms with Crippen LogP contribution in [0.5, 0.6) is 0 Å². The van der Waals surface area contributed by atoms with E-state index in [9.17, 15) is 13.6 Å². The smallest absolute Gasteiger partial charge is 0.261 e. The lowest BCUT2D eigenvalue weighted by molar-refractivity contribution is -0.131. The number of rotatable bonds is 7. The Bertz CT molecular complexity index is 252. The first-order valence-electron chi connectivity index (χ1n) is 6.02. The third-order valence-electron chi connectivity index (χ3n) is 2.87. The highest BCUT2D eigenvalue weighted by Crippen LogP contribution is 2.15. The lowest BCUT2D eigenvalue weighted by Crippen LogP contribution is -2.39. The van der Waals surface area contributed by atoms with E-state index in [0.29, 0.717) is 6.54 Å². The number of carbonyl (C=O) groups excluding carboxylic acids is 1. The topological polar surface area (TPSA) is 41.6 Å². The second-order valence-electron chi connectivity index (χ2n) is 4.05. The first kappa shape index (κ1) is 14.3. The fraction of sp³-hybridized carbons (Fsp3) is 0.909. The van der Waals surface area contributed by atoms with Crippen molar-refractivity contribution in [1.82, 2.24) is 10.2 Å². The average molecular weight is 250 g/mol. The molecular formula is C11H20F2N2O2. The van der Waals surface area contributed by atoms with Gasteiger partial charge < -0.3 is 9.64 Å². The van der Waals surface area contributed by atoms with Crippen LogP contribution in [0.1, 0.15) is 26.7 Å². The van der Waals surface area contributed by atoms with Gasteiger partial charge in [-0.25, -0.2) is 8.78 Å². The summed E-state index contributed by atoms with van der Waals surface area (Å²) in [6.45, 7) is 3.89. The quantitative estimate of drug-likeness (QED) is 0.691. The highest BCUT2D eigenvalue weighted by atomic mass is 19.3. The van der Waals surface area contributed by atoms with Gasteiger partial charge in [0.25, 0.3) is 6.43 Å². The summed E-state index contributed by atoms with van der Waals surface area (Å²) in [5.41, 5.74) is 0. The molecule has 0 aliphatic carbocycles. The number of halogens is 2. The Morgan fingerprint density at radius 1 is 1.41 bits per heavy atom. The van der Waals surface area contributed by atoms with Crippen molar-refractivity contribution in [2.45, 2.75) is 45.3 Å². The Morgan fingerprint density at radius 3 is 2.65 bits per heavy atom. The number of alkyl halides is 2. The summed E-state index contributed by atoms with van der Waals surface area (Å²) in [6.07, 6.45) is -0.906. The van der Waals surface area contributed by atoms with E-state index in [1.807, 2.05) is 13.8 Å². The maximum atomic E-state index is 11.9. The number of nitrogens with one attached hydrogen (secondary N) is 1. The molecule has 17 heavy (non-hydrogen) atoms. The van der Waals surface area contributed by atoms with Crippen LogP contribution in [-0.4, -0.2) is 49.2 Å². The molecule has 6 heteroatoms. The molecule has 4 nitrogen and oxygen atoms in total.